The van der Waals surface area contributed by atoms with E-state index >= 15 is 0 Å². The van der Waals surface area contributed by atoms with Crippen LogP contribution in [0, 0.1) is 5.92 Å². The highest BCUT2D eigenvalue weighted by molar-refractivity contribution is 4.80. The van der Waals surface area contributed by atoms with Gasteiger partial charge in [-0.1, -0.05) is 13.3 Å². The minimum absolute atomic E-state index is 0.712. The number of piperidine rings is 1. The summed E-state index contributed by atoms with van der Waals surface area (Å²) in [6, 6.07) is 0.712. The molecule has 1 rings (SSSR count). The summed E-state index contributed by atoms with van der Waals surface area (Å²) in [6.45, 7) is 4.38. The molecule has 2 nitrogen and oxygen atoms in total. The lowest BCUT2D eigenvalue weighted by molar-refractivity contribution is 0.109. The maximum atomic E-state index is 5.22. The van der Waals surface area contributed by atoms with Crippen molar-refractivity contribution in [1.29, 1.82) is 0 Å². The van der Waals surface area contributed by atoms with Crippen LogP contribution in [0.2, 0.25) is 0 Å². The van der Waals surface area contributed by atoms with Gasteiger partial charge >= 0.3 is 0 Å². The predicted molar refractivity (Wildman–Crippen MR) is 51.3 cm³/mol. The molecule has 0 saturated carbocycles. The Morgan fingerprint density at radius 1 is 1.50 bits per heavy atom. The minimum atomic E-state index is 0.712. The molecular weight excluding hydrogens is 150 g/mol. The van der Waals surface area contributed by atoms with Gasteiger partial charge in [0.15, 0.2) is 0 Å². The van der Waals surface area contributed by atoms with Crippen molar-refractivity contribution in [3.63, 3.8) is 0 Å². The second kappa shape index (κ2) is 5.55. The number of hydrogen-bond acceptors (Lipinski definition) is 2. The normalized spacial score (nSPS) is 30.5. The Labute approximate surface area is 75.7 Å². The third kappa shape index (κ3) is 2.76. The van der Waals surface area contributed by atoms with E-state index in [1.807, 2.05) is 0 Å². The highest BCUT2D eigenvalue weighted by atomic mass is 16.5. The number of rotatable bonds is 4. The van der Waals surface area contributed by atoms with Crippen molar-refractivity contribution in [3.05, 3.63) is 0 Å². The summed E-state index contributed by atoms with van der Waals surface area (Å²) in [5, 5.41) is 3.57. The number of hydrogen-bond donors (Lipinski definition) is 1. The monoisotopic (exact) mass is 171 g/mol. The van der Waals surface area contributed by atoms with Gasteiger partial charge in [0.2, 0.25) is 0 Å². The van der Waals surface area contributed by atoms with Crippen LogP contribution in [-0.2, 0) is 4.74 Å². The Kier molecular flexibility index (Phi) is 4.62. The number of methoxy groups -OCH3 is 1. The Morgan fingerprint density at radius 2 is 2.33 bits per heavy atom. The molecule has 0 aliphatic carbocycles. The van der Waals surface area contributed by atoms with E-state index in [-0.39, 0.29) is 0 Å². The first-order chi connectivity index (χ1) is 5.88. The van der Waals surface area contributed by atoms with Crippen LogP contribution in [0.15, 0.2) is 0 Å². The molecule has 0 aromatic carbocycles. The zero-order chi connectivity index (χ0) is 8.81. The van der Waals surface area contributed by atoms with Crippen LogP contribution in [-0.4, -0.2) is 26.3 Å². The van der Waals surface area contributed by atoms with Gasteiger partial charge in [0.1, 0.15) is 0 Å². The van der Waals surface area contributed by atoms with Crippen LogP contribution < -0.4 is 5.32 Å². The first kappa shape index (κ1) is 10.0. The molecule has 1 aliphatic heterocycles. The van der Waals surface area contributed by atoms with E-state index in [9.17, 15) is 0 Å². The molecular formula is C10H21NO. The summed E-state index contributed by atoms with van der Waals surface area (Å²) < 4.78 is 5.22. The van der Waals surface area contributed by atoms with Crippen molar-refractivity contribution in [1.82, 2.24) is 5.32 Å². The SMILES string of the molecule is CCCC1NCCCC1COC. The quantitative estimate of drug-likeness (QED) is 0.696. The lowest BCUT2D eigenvalue weighted by Crippen LogP contribution is -2.42. The van der Waals surface area contributed by atoms with Gasteiger partial charge in [-0.2, -0.15) is 0 Å². The van der Waals surface area contributed by atoms with Crippen molar-refractivity contribution in [3.8, 4) is 0 Å². The first-order valence-corrected chi connectivity index (χ1v) is 5.10. The summed E-state index contributed by atoms with van der Waals surface area (Å²) in [7, 11) is 1.80. The maximum Gasteiger partial charge on any atom is 0.0505 e. The van der Waals surface area contributed by atoms with Crippen LogP contribution in [0.4, 0.5) is 0 Å². The van der Waals surface area contributed by atoms with Crippen molar-refractivity contribution < 1.29 is 4.74 Å². The Morgan fingerprint density at radius 3 is 3.00 bits per heavy atom. The zero-order valence-electron chi connectivity index (χ0n) is 8.31. The summed E-state index contributed by atoms with van der Waals surface area (Å²) >= 11 is 0. The van der Waals surface area contributed by atoms with Gasteiger partial charge in [0.25, 0.3) is 0 Å². The van der Waals surface area contributed by atoms with Crippen LogP contribution >= 0.6 is 0 Å². The maximum absolute atomic E-state index is 5.22. The summed E-state index contributed by atoms with van der Waals surface area (Å²) in [5.74, 6) is 0.753. The van der Waals surface area contributed by atoms with E-state index in [0.717, 1.165) is 12.5 Å². The van der Waals surface area contributed by atoms with E-state index in [1.54, 1.807) is 7.11 Å². The molecule has 1 heterocycles. The van der Waals surface area contributed by atoms with Crippen molar-refractivity contribution in [2.24, 2.45) is 5.92 Å². The molecule has 0 radical (unpaired) electrons. The first-order valence-electron chi connectivity index (χ1n) is 5.10. The highest BCUT2D eigenvalue weighted by Crippen LogP contribution is 2.19. The molecule has 2 heteroatoms. The Balaban J connectivity index is 2.31. The second-order valence-electron chi connectivity index (χ2n) is 3.71. The Bertz CT molecular complexity index is 98.4. The third-order valence-corrected chi connectivity index (χ3v) is 2.71. The van der Waals surface area contributed by atoms with E-state index in [0.29, 0.717) is 6.04 Å². The van der Waals surface area contributed by atoms with Crippen molar-refractivity contribution in [2.75, 3.05) is 20.3 Å². The van der Waals surface area contributed by atoms with E-state index < -0.39 is 0 Å². The lowest BCUT2D eigenvalue weighted by Gasteiger charge is -2.32. The highest BCUT2D eigenvalue weighted by Gasteiger charge is 2.23. The van der Waals surface area contributed by atoms with E-state index in [2.05, 4.69) is 12.2 Å². The lowest BCUT2D eigenvalue weighted by atomic mass is 9.89. The fraction of sp³-hybridized carbons (Fsp3) is 1.00. The summed E-state index contributed by atoms with van der Waals surface area (Å²) in [4.78, 5) is 0. The van der Waals surface area contributed by atoms with E-state index in [1.165, 1.54) is 32.2 Å². The van der Waals surface area contributed by atoms with Crippen molar-refractivity contribution in [2.45, 2.75) is 38.6 Å². The molecule has 2 atom stereocenters. The average Bonchev–Trinajstić information content (AvgIpc) is 2.09. The van der Waals surface area contributed by atoms with Crippen LogP contribution in [0.1, 0.15) is 32.6 Å². The Hall–Kier alpha value is -0.0800. The topological polar surface area (TPSA) is 21.3 Å². The van der Waals surface area contributed by atoms with Crippen LogP contribution in [0.25, 0.3) is 0 Å². The van der Waals surface area contributed by atoms with Gasteiger partial charge in [-0.25, -0.2) is 0 Å². The molecule has 1 aliphatic rings. The van der Waals surface area contributed by atoms with E-state index in [4.69, 9.17) is 4.74 Å². The van der Waals surface area contributed by atoms with Crippen LogP contribution in [0.5, 0.6) is 0 Å². The number of ether oxygens (including phenoxy) is 1. The fourth-order valence-electron chi connectivity index (χ4n) is 2.08. The molecule has 72 valence electrons. The molecule has 2 unspecified atom stereocenters. The van der Waals surface area contributed by atoms with Gasteiger partial charge in [-0.3, -0.25) is 0 Å². The van der Waals surface area contributed by atoms with Crippen LogP contribution in [0.3, 0.4) is 0 Å². The molecule has 0 spiro atoms. The third-order valence-electron chi connectivity index (χ3n) is 2.71. The second-order valence-corrected chi connectivity index (χ2v) is 3.71. The van der Waals surface area contributed by atoms with Gasteiger partial charge < -0.3 is 10.1 Å². The molecule has 1 saturated heterocycles. The molecule has 0 aromatic rings. The molecule has 0 aromatic heterocycles. The molecule has 12 heavy (non-hydrogen) atoms. The summed E-state index contributed by atoms with van der Waals surface area (Å²) in [5.41, 5.74) is 0. The largest absolute Gasteiger partial charge is 0.384 e. The summed E-state index contributed by atoms with van der Waals surface area (Å²) in [6.07, 6.45) is 5.23. The number of nitrogens with one attached hydrogen (secondary N) is 1. The average molecular weight is 171 g/mol. The fourth-order valence-corrected chi connectivity index (χ4v) is 2.08. The molecule has 0 bridgehead atoms. The molecule has 1 N–H and O–H groups in total. The predicted octanol–water partition coefficient (Wildman–Crippen LogP) is 1.80. The zero-order valence-corrected chi connectivity index (χ0v) is 8.31. The van der Waals surface area contributed by atoms with Crippen molar-refractivity contribution >= 4 is 0 Å². The smallest absolute Gasteiger partial charge is 0.0505 e. The van der Waals surface area contributed by atoms with Gasteiger partial charge in [-0.05, 0) is 31.7 Å². The van der Waals surface area contributed by atoms with Gasteiger partial charge in [0, 0.05) is 13.2 Å². The molecule has 0 amide bonds. The minimum Gasteiger partial charge on any atom is -0.384 e. The standard InChI is InChI=1S/C10H21NO/c1-3-5-10-9(8-12-2)6-4-7-11-10/h9-11H,3-8H2,1-2H3. The van der Waals surface area contributed by atoms with Gasteiger partial charge in [0.05, 0.1) is 6.61 Å². The van der Waals surface area contributed by atoms with Gasteiger partial charge in [-0.15, -0.1) is 0 Å². The molecule has 1 fully saturated rings.